The molecule has 0 fully saturated rings. The molecule has 1 aliphatic heterocycles. The standard InChI is InChI=1S/C17H19N3O2/c21-17(19-10-13-5-7-18-8-6-13)20-11-14-9-15-3-1-2-4-16(15)22-12-14/h1-8,14H,9-12H2,(H2,19,20,21). The number of carbonyl (C=O) groups excluding carboxylic acids is 1. The second kappa shape index (κ2) is 6.93. The van der Waals surface area contributed by atoms with E-state index in [0.717, 1.165) is 17.7 Å². The van der Waals surface area contributed by atoms with Crippen LogP contribution in [0.4, 0.5) is 4.79 Å². The Morgan fingerprint density at radius 1 is 1.18 bits per heavy atom. The van der Waals surface area contributed by atoms with Crippen molar-refractivity contribution in [2.24, 2.45) is 5.92 Å². The zero-order valence-corrected chi connectivity index (χ0v) is 12.3. The maximum atomic E-state index is 11.8. The van der Waals surface area contributed by atoms with Gasteiger partial charge in [0.15, 0.2) is 0 Å². The van der Waals surface area contributed by atoms with Gasteiger partial charge in [0.2, 0.25) is 0 Å². The molecule has 22 heavy (non-hydrogen) atoms. The summed E-state index contributed by atoms with van der Waals surface area (Å²) < 4.78 is 5.72. The van der Waals surface area contributed by atoms with E-state index in [-0.39, 0.29) is 6.03 Å². The molecule has 114 valence electrons. The number of aromatic nitrogens is 1. The topological polar surface area (TPSA) is 63.2 Å². The molecule has 1 atom stereocenters. The summed E-state index contributed by atoms with van der Waals surface area (Å²) in [6, 6.07) is 11.7. The highest BCUT2D eigenvalue weighted by Crippen LogP contribution is 2.26. The van der Waals surface area contributed by atoms with Gasteiger partial charge in [-0.2, -0.15) is 0 Å². The van der Waals surface area contributed by atoms with E-state index in [2.05, 4.69) is 21.7 Å². The van der Waals surface area contributed by atoms with Crippen molar-refractivity contribution in [3.8, 4) is 5.75 Å². The molecular formula is C17H19N3O2. The molecule has 0 saturated carbocycles. The van der Waals surface area contributed by atoms with Gasteiger partial charge in [0.1, 0.15) is 5.75 Å². The second-order valence-electron chi connectivity index (χ2n) is 5.41. The highest BCUT2D eigenvalue weighted by molar-refractivity contribution is 5.73. The number of nitrogens with zero attached hydrogens (tertiary/aromatic N) is 1. The molecule has 3 rings (SSSR count). The number of fused-ring (bicyclic) bond motifs is 1. The van der Waals surface area contributed by atoms with Gasteiger partial charge in [-0.25, -0.2) is 4.79 Å². The minimum atomic E-state index is -0.157. The van der Waals surface area contributed by atoms with Gasteiger partial charge in [-0.05, 0) is 35.7 Å². The Bertz CT molecular complexity index is 631. The van der Waals surface area contributed by atoms with Crippen molar-refractivity contribution >= 4 is 6.03 Å². The summed E-state index contributed by atoms with van der Waals surface area (Å²) in [7, 11) is 0. The van der Waals surface area contributed by atoms with Gasteiger partial charge in [0.05, 0.1) is 6.61 Å². The molecule has 5 heteroatoms. The molecule has 0 bridgehead atoms. The van der Waals surface area contributed by atoms with Crippen molar-refractivity contribution in [2.45, 2.75) is 13.0 Å². The van der Waals surface area contributed by atoms with Gasteiger partial charge in [0.25, 0.3) is 0 Å². The van der Waals surface area contributed by atoms with Crippen LogP contribution in [0.2, 0.25) is 0 Å². The number of hydrogen-bond donors (Lipinski definition) is 2. The minimum absolute atomic E-state index is 0.157. The number of para-hydroxylation sites is 1. The van der Waals surface area contributed by atoms with Crippen molar-refractivity contribution in [2.75, 3.05) is 13.2 Å². The molecule has 1 aromatic carbocycles. The molecule has 1 aromatic heterocycles. The maximum absolute atomic E-state index is 11.8. The quantitative estimate of drug-likeness (QED) is 0.908. The van der Waals surface area contributed by atoms with E-state index in [1.807, 2.05) is 30.3 Å². The fourth-order valence-corrected chi connectivity index (χ4v) is 2.50. The lowest BCUT2D eigenvalue weighted by Gasteiger charge is -2.25. The summed E-state index contributed by atoms with van der Waals surface area (Å²) in [5, 5.41) is 5.75. The van der Waals surface area contributed by atoms with Crippen molar-refractivity contribution in [1.82, 2.24) is 15.6 Å². The number of carbonyl (C=O) groups is 1. The SMILES string of the molecule is O=C(NCc1ccncc1)NCC1COc2ccccc2C1. The minimum Gasteiger partial charge on any atom is -0.493 e. The molecule has 0 aliphatic carbocycles. The molecule has 2 heterocycles. The molecule has 1 unspecified atom stereocenters. The lowest BCUT2D eigenvalue weighted by molar-refractivity contribution is 0.211. The molecule has 0 spiro atoms. The Kier molecular flexibility index (Phi) is 4.53. The normalized spacial score (nSPS) is 16.3. The van der Waals surface area contributed by atoms with E-state index in [9.17, 15) is 4.79 Å². The van der Waals surface area contributed by atoms with Crippen LogP contribution in [0.15, 0.2) is 48.8 Å². The van der Waals surface area contributed by atoms with Gasteiger partial charge < -0.3 is 15.4 Å². The average Bonchev–Trinajstić information content (AvgIpc) is 2.59. The summed E-state index contributed by atoms with van der Waals surface area (Å²) in [5.74, 6) is 1.27. The van der Waals surface area contributed by atoms with Crippen molar-refractivity contribution in [3.05, 3.63) is 59.9 Å². The number of rotatable bonds is 4. The Balaban J connectivity index is 1.42. The fourth-order valence-electron chi connectivity index (χ4n) is 2.50. The third-order valence-electron chi connectivity index (χ3n) is 3.71. The summed E-state index contributed by atoms with van der Waals surface area (Å²) >= 11 is 0. The number of nitrogens with one attached hydrogen (secondary N) is 2. The Labute approximate surface area is 129 Å². The number of pyridine rings is 1. The van der Waals surface area contributed by atoms with Crippen molar-refractivity contribution in [1.29, 1.82) is 0 Å². The van der Waals surface area contributed by atoms with E-state index in [1.54, 1.807) is 12.4 Å². The summed E-state index contributed by atoms with van der Waals surface area (Å²) in [4.78, 5) is 15.8. The van der Waals surface area contributed by atoms with Crippen LogP contribution < -0.4 is 15.4 Å². The van der Waals surface area contributed by atoms with Crippen molar-refractivity contribution < 1.29 is 9.53 Å². The van der Waals surface area contributed by atoms with E-state index >= 15 is 0 Å². The summed E-state index contributed by atoms with van der Waals surface area (Å²) in [5.41, 5.74) is 2.23. The van der Waals surface area contributed by atoms with Crippen LogP contribution in [0.5, 0.6) is 5.75 Å². The number of benzene rings is 1. The van der Waals surface area contributed by atoms with Crippen LogP contribution in [-0.4, -0.2) is 24.2 Å². The molecule has 2 amide bonds. The Morgan fingerprint density at radius 2 is 2.00 bits per heavy atom. The molecule has 2 aromatic rings. The third kappa shape index (κ3) is 3.75. The van der Waals surface area contributed by atoms with Crippen LogP contribution in [0.25, 0.3) is 0 Å². The monoisotopic (exact) mass is 297 g/mol. The molecule has 2 N–H and O–H groups in total. The number of ether oxygens (including phenoxy) is 1. The maximum Gasteiger partial charge on any atom is 0.315 e. The van der Waals surface area contributed by atoms with E-state index in [4.69, 9.17) is 4.74 Å². The zero-order chi connectivity index (χ0) is 15.2. The average molecular weight is 297 g/mol. The van der Waals surface area contributed by atoms with Gasteiger partial charge in [-0.3, -0.25) is 4.98 Å². The van der Waals surface area contributed by atoms with Crippen LogP contribution in [-0.2, 0) is 13.0 Å². The lowest BCUT2D eigenvalue weighted by Crippen LogP contribution is -2.40. The first-order valence-corrected chi connectivity index (χ1v) is 7.42. The highest BCUT2D eigenvalue weighted by atomic mass is 16.5. The van der Waals surface area contributed by atoms with E-state index < -0.39 is 0 Å². The number of urea groups is 1. The Hall–Kier alpha value is -2.56. The predicted molar refractivity (Wildman–Crippen MR) is 83.6 cm³/mol. The van der Waals surface area contributed by atoms with Crippen LogP contribution >= 0.6 is 0 Å². The zero-order valence-electron chi connectivity index (χ0n) is 12.3. The fraction of sp³-hybridized carbons (Fsp3) is 0.294. The number of amides is 2. The molecule has 5 nitrogen and oxygen atoms in total. The van der Waals surface area contributed by atoms with Gasteiger partial charge in [0, 0.05) is 31.4 Å². The van der Waals surface area contributed by atoms with Gasteiger partial charge in [-0.1, -0.05) is 18.2 Å². The number of hydrogen-bond acceptors (Lipinski definition) is 3. The third-order valence-corrected chi connectivity index (χ3v) is 3.71. The van der Waals surface area contributed by atoms with Crippen LogP contribution in [0.3, 0.4) is 0 Å². The first-order valence-electron chi connectivity index (χ1n) is 7.42. The molecular weight excluding hydrogens is 278 g/mol. The summed E-state index contributed by atoms with van der Waals surface area (Å²) in [6.07, 6.45) is 4.36. The Morgan fingerprint density at radius 3 is 2.86 bits per heavy atom. The first-order chi connectivity index (χ1) is 10.8. The highest BCUT2D eigenvalue weighted by Gasteiger charge is 2.19. The largest absolute Gasteiger partial charge is 0.493 e. The second-order valence-corrected chi connectivity index (χ2v) is 5.41. The summed E-state index contributed by atoms with van der Waals surface area (Å²) in [6.45, 7) is 1.75. The molecule has 0 saturated heterocycles. The van der Waals surface area contributed by atoms with Crippen LogP contribution in [0.1, 0.15) is 11.1 Å². The molecule has 1 aliphatic rings. The molecule has 0 radical (unpaired) electrons. The first kappa shape index (κ1) is 14.4. The van der Waals surface area contributed by atoms with Crippen LogP contribution in [0, 0.1) is 5.92 Å². The van der Waals surface area contributed by atoms with E-state index in [1.165, 1.54) is 5.56 Å². The smallest absolute Gasteiger partial charge is 0.315 e. The van der Waals surface area contributed by atoms with Gasteiger partial charge in [-0.15, -0.1) is 0 Å². The van der Waals surface area contributed by atoms with Gasteiger partial charge >= 0.3 is 6.03 Å². The van der Waals surface area contributed by atoms with Crippen molar-refractivity contribution in [3.63, 3.8) is 0 Å². The predicted octanol–water partition coefficient (Wildman–Crippen LogP) is 2.13. The lowest BCUT2D eigenvalue weighted by atomic mass is 9.97. The van der Waals surface area contributed by atoms with E-state index in [0.29, 0.717) is 25.6 Å².